The largest absolute Gasteiger partial charge is 0.497 e. The van der Waals surface area contributed by atoms with E-state index in [9.17, 15) is 4.79 Å². The maximum atomic E-state index is 12.4. The molecule has 1 heterocycles. The van der Waals surface area contributed by atoms with Crippen LogP contribution >= 0.6 is 11.6 Å². The first-order valence-electron chi connectivity index (χ1n) is 8.62. The van der Waals surface area contributed by atoms with Crippen LogP contribution in [0.2, 0.25) is 5.02 Å². The Kier molecular flexibility index (Phi) is 5.89. The molecule has 0 N–H and O–H groups in total. The fourth-order valence-electron chi connectivity index (χ4n) is 3.05. The van der Waals surface area contributed by atoms with Crippen molar-refractivity contribution in [1.29, 1.82) is 0 Å². The van der Waals surface area contributed by atoms with Crippen LogP contribution in [-0.4, -0.2) is 50.7 Å². The predicted molar refractivity (Wildman–Crippen MR) is 103 cm³/mol. The number of carbonyl (C=O) groups is 1. The van der Waals surface area contributed by atoms with Crippen LogP contribution < -0.4 is 14.4 Å². The Bertz CT molecular complexity index is 773. The van der Waals surface area contributed by atoms with Crippen molar-refractivity contribution in [2.24, 2.45) is 0 Å². The van der Waals surface area contributed by atoms with Gasteiger partial charge in [-0.05, 0) is 36.8 Å². The first-order valence-corrected chi connectivity index (χ1v) is 9.00. The topological polar surface area (TPSA) is 42.0 Å². The van der Waals surface area contributed by atoms with Crippen molar-refractivity contribution >= 4 is 23.2 Å². The molecule has 0 aliphatic carbocycles. The van der Waals surface area contributed by atoms with Gasteiger partial charge in [0.2, 0.25) is 0 Å². The van der Waals surface area contributed by atoms with Crippen LogP contribution in [0, 0.1) is 6.92 Å². The van der Waals surface area contributed by atoms with E-state index in [2.05, 4.69) is 11.8 Å². The van der Waals surface area contributed by atoms with E-state index in [-0.39, 0.29) is 12.5 Å². The first kappa shape index (κ1) is 18.4. The molecule has 0 saturated carbocycles. The van der Waals surface area contributed by atoms with Crippen molar-refractivity contribution in [2.45, 2.75) is 6.92 Å². The molecule has 2 aromatic rings. The summed E-state index contributed by atoms with van der Waals surface area (Å²) in [6.45, 7) is 5.02. The number of piperazine rings is 1. The third kappa shape index (κ3) is 4.41. The molecule has 26 heavy (non-hydrogen) atoms. The number of benzene rings is 2. The number of carbonyl (C=O) groups excluding carboxylic acids is 1. The lowest BCUT2D eigenvalue weighted by atomic mass is 10.1. The summed E-state index contributed by atoms with van der Waals surface area (Å²) in [5.74, 6) is 1.33. The summed E-state index contributed by atoms with van der Waals surface area (Å²) in [6, 6.07) is 13.2. The lowest BCUT2D eigenvalue weighted by Gasteiger charge is -2.36. The second-order valence-electron chi connectivity index (χ2n) is 6.27. The summed E-state index contributed by atoms with van der Waals surface area (Å²) in [4.78, 5) is 16.5. The molecule has 0 bridgehead atoms. The minimum atomic E-state index is -0.00436. The zero-order chi connectivity index (χ0) is 18.5. The second kappa shape index (κ2) is 8.32. The number of anilines is 1. The zero-order valence-electron chi connectivity index (χ0n) is 15.1. The quantitative estimate of drug-likeness (QED) is 0.804. The molecule has 0 atom stereocenters. The van der Waals surface area contributed by atoms with Crippen LogP contribution in [-0.2, 0) is 4.79 Å². The van der Waals surface area contributed by atoms with Gasteiger partial charge < -0.3 is 19.3 Å². The molecule has 138 valence electrons. The van der Waals surface area contributed by atoms with Gasteiger partial charge in [0, 0.05) is 43.0 Å². The van der Waals surface area contributed by atoms with E-state index in [1.54, 1.807) is 13.2 Å². The second-order valence-corrected chi connectivity index (χ2v) is 6.70. The van der Waals surface area contributed by atoms with Gasteiger partial charge in [-0.3, -0.25) is 4.79 Å². The van der Waals surface area contributed by atoms with Crippen molar-refractivity contribution in [2.75, 3.05) is 44.8 Å². The molecule has 2 aromatic carbocycles. The number of hydrogen-bond donors (Lipinski definition) is 0. The number of methoxy groups -OCH3 is 1. The van der Waals surface area contributed by atoms with E-state index in [1.807, 2.05) is 41.3 Å². The standard InChI is InChI=1S/C20H23ClN2O3/c1-15-6-7-16(21)12-19(15)22-8-10-23(11-9-22)20(24)14-26-18-5-3-4-17(13-18)25-2/h3-7,12-13H,8-11,14H2,1-2H3. The summed E-state index contributed by atoms with van der Waals surface area (Å²) in [5.41, 5.74) is 2.33. The summed E-state index contributed by atoms with van der Waals surface area (Å²) in [5, 5.41) is 0.732. The minimum absolute atomic E-state index is 0.00436. The van der Waals surface area contributed by atoms with E-state index < -0.39 is 0 Å². The SMILES string of the molecule is COc1cccc(OCC(=O)N2CCN(c3cc(Cl)ccc3C)CC2)c1. The number of aryl methyl sites for hydroxylation is 1. The third-order valence-corrected chi connectivity index (χ3v) is 4.78. The van der Waals surface area contributed by atoms with E-state index in [4.69, 9.17) is 21.1 Å². The van der Waals surface area contributed by atoms with Gasteiger partial charge in [0.15, 0.2) is 6.61 Å². The Morgan fingerprint density at radius 1 is 1.08 bits per heavy atom. The van der Waals surface area contributed by atoms with E-state index in [0.717, 1.165) is 23.8 Å². The lowest BCUT2D eigenvalue weighted by Crippen LogP contribution is -2.50. The summed E-state index contributed by atoms with van der Waals surface area (Å²) in [7, 11) is 1.60. The maximum absolute atomic E-state index is 12.4. The summed E-state index contributed by atoms with van der Waals surface area (Å²) in [6.07, 6.45) is 0. The van der Waals surface area contributed by atoms with Gasteiger partial charge in [0.25, 0.3) is 5.91 Å². The van der Waals surface area contributed by atoms with E-state index in [1.165, 1.54) is 5.56 Å². The maximum Gasteiger partial charge on any atom is 0.260 e. The highest BCUT2D eigenvalue weighted by Gasteiger charge is 2.22. The number of rotatable bonds is 5. The van der Waals surface area contributed by atoms with Crippen LogP contribution in [0.25, 0.3) is 0 Å². The number of ether oxygens (including phenoxy) is 2. The molecular weight excluding hydrogens is 352 g/mol. The average Bonchev–Trinajstić information content (AvgIpc) is 2.68. The van der Waals surface area contributed by atoms with E-state index >= 15 is 0 Å². The normalized spacial score (nSPS) is 14.3. The highest BCUT2D eigenvalue weighted by Crippen LogP contribution is 2.25. The molecule has 1 aliphatic heterocycles. The first-order chi connectivity index (χ1) is 12.6. The van der Waals surface area contributed by atoms with E-state index in [0.29, 0.717) is 24.6 Å². The van der Waals surface area contributed by atoms with Crippen LogP contribution in [0.3, 0.4) is 0 Å². The monoisotopic (exact) mass is 374 g/mol. The molecule has 1 amide bonds. The predicted octanol–water partition coefficient (Wildman–Crippen LogP) is 3.38. The molecule has 0 aromatic heterocycles. The number of halogens is 1. The van der Waals surface area contributed by atoms with Gasteiger partial charge in [0.05, 0.1) is 7.11 Å². The molecule has 5 nitrogen and oxygen atoms in total. The van der Waals surface area contributed by atoms with Crippen LogP contribution in [0.1, 0.15) is 5.56 Å². The molecule has 0 radical (unpaired) electrons. The molecule has 0 unspecified atom stereocenters. The molecule has 1 aliphatic rings. The van der Waals surface area contributed by atoms with Gasteiger partial charge in [-0.25, -0.2) is 0 Å². The molecule has 1 fully saturated rings. The fraction of sp³-hybridized carbons (Fsp3) is 0.350. The average molecular weight is 375 g/mol. The van der Waals surface area contributed by atoms with Crippen LogP contribution in [0.15, 0.2) is 42.5 Å². The van der Waals surface area contributed by atoms with Gasteiger partial charge in [0.1, 0.15) is 11.5 Å². The highest BCUT2D eigenvalue weighted by atomic mass is 35.5. The number of amides is 1. The van der Waals surface area contributed by atoms with Gasteiger partial charge in [-0.2, -0.15) is 0 Å². The number of hydrogen-bond acceptors (Lipinski definition) is 4. The minimum Gasteiger partial charge on any atom is -0.497 e. The molecule has 3 rings (SSSR count). The lowest BCUT2D eigenvalue weighted by molar-refractivity contribution is -0.133. The summed E-state index contributed by atoms with van der Waals surface area (Å²) >= 11 is 6.12. The Hall–Kier alpha value is -2.40. The van der Waals surface area contributed by atoms with Crippen molar-refractivity contribution in [3.8, 4) is 11.5 Å². The van der Waals surface area contributed by atoms with Crippen LogP contribution in [0.5, 0.6) is 11.5 Å². The van der Waals surface area contributed by atoms with Crippen molar-refractivity contribution in [1.82, 2.24) is 4.90 Å². The Balaban J connectivity index is 1.52. The molecular formula is C20H23ClN2O3. The molecule has 1 saturated heterocycles. The van der Waals surface area contributed by atoms with Gasteiger partial charge in [-0.15, -0.1) is 0 Å². The smallest absolute Gasteiger partial charge is 0.260 e. The Morgan fingerprint density at radius 2 is 1.81 bits per heavy atom. The van der Waals surface area contributed by atoms with Crippen molar-refractivity contribution in [3.63, 3.8) is 0 Å². The van der Waals surface area contributed by atoms with Gasteiger partial charge >= 0.3 is 0 Å². The Labute approximate surface area is 159 Å². The fourth-order valence-corrected chi connectivity index (χ4v) is 3.21. The highest BCUT2D eigenvalue weighted by molar-refractivity contribution is 6.30. The molecule has 0 spiro atoms. The Morgan fingerprint density at radius 3 is 2.54 bits per heavy atom. The van der Waals surface area contributed by atoms with Crippen LogP contribution in [0.4, 0.5) is 5.69 Å². The number of nitrogens with zero attached hydrogens (tertiary/aromatic N) is 2. The zero-order valence-corrected chi connectivity index (χ0v) is 15.8. The van der Waals surface area contributed by atoms with Crippen molar-refractivity contribution < 1.29 is 14.3 Å². The summed E-state index contributed by atoms with van der Waals surface area (Å²) < 4.78 is 10.8. The van der Waals surface area contributed by atoms with Crippen molar-refractivity contribution in [3.05, 3.63) is 53.1 Å². The molecule has 6 heteroatoms. The third-order valence-electron chi connectivity index (χ3n) is 4.55. The van der Waals surface area contributed by atoms with Gasteiger partial charge in [-0.1, -0.05) is 23.7 Å².